The number of nitrogens with one attached hydrogen (secondary N) is 2. The van der Waals surface area contributed by atoms with E-state index in [2.05, 4.69) is 20.6 Å². The standard InChI is InChI=1S/C12H17ClN4OS/c1-19-12-16-9(13)7-10(17-12)14-6-2-3-11(18)15-8-4-5-8/h7-8H,2-6H2,1H3,(H,15,18)(H,14,16,17). The van der Waals surface area contributed by atoms with Gasteiger partial charge in [0.15, 0.2) is 5.16 Å². The zero-order valence-electron chi connectivity index (χ0n) is 10.8. The predicted molar refractivity (Wildman–Crippen MR) is 77.7 cm³/mol. The topological polar surface area (TPSA) is 66.9 Å². The fraction of sp³-hybridized carbons (Fsp3) is 0.583. The van der Waals surface area contributed by atoms with Gasteiger partial charge in [-0.15, -0.1) is 0 Å². The third kappa shape index (κ3) is 5.24. The van der Waals surface area contributed by atoms with E-state index in [0.717, 1.165) is 19.3 Å². The average Bonchev–Trinajstić information content (AvgIpc) is 3.18. The summed E-state index contributed by atoms with van der Waals surface area (Å²) < 4.78 is 0. The lowest BCUT2D eigenvalue weighted by Crippen LogP contribution is -2.25. The molecule has 0 saturated heterocycles. The number of aromatic nitrogens is 2. The zero-order chi connectivity index (χ0) is 13.7. The number of rotatable bonds is 7. The maximum atomic E-state index is 11.5. The third-order valence-corrected chi connectivity index (χ3v) is 3.43. The molecule has 2 N–H and O–H groups in total. The third-order valence-electron chi connectivity index (χ3n) is 2.69. The van der Waals surface area contributed by atoms with Crippen LogP contribution in [0.2, 0.25) is 5.15 Å². The molecule has 19 heavy (non-hydrogen) atoms. The summed E-state index contributed by atoms with van der Waals surface area (Å²) in [4.78, 5) is 19.8. The molecule has 0 radical (unpaired) electrons. The van der Waals surface area contributed by atoms with Crippen molar-refractivity contribution >= 4 is 35.1 Å². The van der Waals surface area contributed by atoms with Crippen molar-refractivity contribution in [1.29, 1.82) is 0 Å². The molecule has 1 saturated carbocycles. The number of nitrogens with zero attached hydrogens (tertiary/aromatic N) is 2. The lowest BCUT2D eigenvalue weighted by molar-refractivity contribution is -0.121. The molecule has 2 rings (SSSR count). The fourth-order valence-electron chi connectivity index (χ4n) is 1.57. The molecule has 1 fully saturated rings. The Bertz CT molecular complexity index is 453. The van der Waals surface area contributed by atoms with Crippen molar-refractivity contribution in [2.45, 2.75) is 36.9 Å². The number of carbonyl (C=O) groups excluding carboxylic acids is 1. The van der Waals surface area contributed by atoms with Crippen molar-refractivity contribution in [1.82, 2.24) is 15.3 Å². The maximum absolute atomic E-state index is 11.5. The van der Waals surface area contributed by atoms with Gasteiger partial charge in [-0.1, -0.05) is 23.4 Å². The number of hydrogen-bond acceptors (Lipinski definition) is 5. The average molecular weight is 301 g/mol. The Hall–Kier alpha value is -1.01. The van der Waals surface area contributed by atoms with Crippen LogP contribution in [0.4, 0.5) is 5.82 Å². The molecule has 0 aliphatic heterocycles. The highest BCUT2D eigenvalue weighted by Crippen LogP contribution is 2.19. The second-order valence-corrected chi connectivity index (χ2v) is 5.60. The van der Waals surface area contributed by atoms with Gasteiger partial charge in [0, 0.05) is 25.1 Å². The fourth-order valence-corrected chi connectivity index (χ4v) is 2.18. The molecule has 0 aromatic carbocycles. The van der Waals surface area contributed by atoms with Crippen LogP contribution in [0.3, 0.4) is 0 Å². The molecule has 0 unspecified atom stereocenters. The van der Waals surface area contributed by atoms with Gasteiger partial charge in [-0.2, -0.15) is 0 Å². The molecular weight excluding hydrogens is 284 g/mol. The van der Waals surface area contributed by atoms with Gasteiger partial charge >= 0.3 is 0 Å². The summed E-state index contributed by atoms with van der Waals surface area (Å²) in [5, 5.41) is 7.18. The zero-order valence-corrected chi connectivity index (χ0v) is 12.4. The SMILES string of the molecule is CSc1nc(Cl)cc(NCCCC(=O)NC2CC2)n1. The molecule has 0 bridgehead atoms. The van der Waals surface area contributed by atoms with Crippen molar-refractivity contribution in [3.8, 4) is 0 Å². The molecule has 1 aromatic heterocycles. The van der Waals surface area contributed by atoms with Gasteiger partial charge in [0.05, 0.1) is 0 Å². The van der Waals surface area contributed by atoms with E-state index in [1.54, 1.807) is 6.07 Å². The molecule has 104 valence electrons. The highest BCUT2D eigenvalue weighted by molar-refractivity contribution is 7.98. The number of hydrogen-bond donors (Lipinski definition) is 2. The van der Waals surface area contributed by atoms with E-state index in [-0.39, 0.29) is 5.91 Å². The number of anilines is 1. The van der Waals surface area contributed by atoms with Gasteiger partial charge in [-0.3, -0.25) is 4.79 Å². The highest BCUT2D eigenvalue weighted by atomic mass is 35.5. The van der Waals surface area contributed by atoms with Gasteiger partial charge in [0.2, 0.25) is 5.91 Å². The van der Waals surface area contributed by atoms with E-state index in [1.807, 2.05) is 6.26 Å². The number of halogens is 1. The minimum Gasteiger partial charge on any atom is -0.370 e. The Morgan fingerprint density at radius 3 is 3.00 bits per heavy atom. The van der Waals surface area contributed by atoms with Crippen LogP contribution in [0.15, 0.2) is 11.2 Å². The first-order valence-electron chi connectivity index (χ1n) is 6.29. The van der Waals surface area contributed by atoms with Crippen LogP contribution in [-0.2, 0) is 4.79 Å². The quantitative estimate of drug-likeness (QED) is 0.350. The molecular formula is C12H17ClN4OS. The van der Waals surface area contributed by atoms with E-state index in [4.69, 9.17) is 11.6 Å². The predicted octanol–water partition coefficient (Wildman–Crippen LogP) is 2.32. The minimum absolute atomic E-state index is 0.134. The lowest BCUT2D eigenvalue weighted by atomic mass is 10.3. The van der Waals surface area contributed by atoms with E-state index >= 15 is 0 Å². The summed E-state index contributed by atoms with van der Waals surface area (Å²) in [5.74, 6) is 0.835. The van der Waals surface area contributed by atoms with Crippen LogP contribution in [0, 0.1) is 0 Å². The summed E-state index contributed by atoms with van der Waals surface area (Å²) in [6.07, 6.45) is 5.46. The van der Waals surface area contributed by atoms with E-state index in [9.17, 15) is 4.79 Å². The van der Waals surface area contributed by atoms with Gasteiger partial charge in [0.25, 0.3) is 0 Å². The largest absolute Gasteiger partial charge is 0.370 e. The Morgan fingerprint density at radius 2 is 2.32 bits per heavy atom. The van der Waals surface area contributed by atoms with Crippen molar-refractivity contribution in [3.05, 3.63) is 11.2 Å². The second-order valence-electron chi connectivity index (χ2n) is 4.43. The first-order chi connectivity index (χ1) is 9.17. The maximum Gasteiger partial charge on any atom is 0.220 e. The Balaban J connectivity index is 1.69. The molecule has 1 amide bonds. The summed E-state index contributed by atoms with van der Waals surface area (Å²) in [6, 6.07) is 2.12. The highest BCUT2D eigenvalue weighted by Gasteiger charge is 2.22. The van der Waals surface area contributed by atoms with Crippen molar-refractivity contribution in [2.24, 2.45) is 0 Å². The molecule has 0 spiro atoms. The normalized spacial score (nSPS) is 14.2. The number of thioether (sulfide) groups is 1. The van der Waals surface area contributed by atoms with Crippen LogP contribution in [0.1, 0.15) is 25.7 Å². The van der Waals surface area contributed by atoms with Crippen LogP contribution in [-0.4, -0.2) is 34.7 Å². The molecule has 1 aromatic rings. The van der Waals surface area contributed by atoms with Crippen molar-refractivity contribution < 1.29 is 4.79 Å². The molecule has 5 nitrogen and oxygen atoms in total. The number of amides is 1. The van der Waals surface area contributed by atoms with E-state index in [0.29, 0.717) is 35.1 Å². The van der Waals surface area contributed by atoms with E-state index in [1.165, 1.54) is 11.8 Å². The van der Waals surface area contributed by atoms with Crippen molar-refractivity contribution in [3.63, 3.8) is 0 Å². The molecule has 1 aliphatic rings. The second kappa shape index (κ2) is 6.96. The molecule has 1 heterocycles. The lowest BCUT2D eigenvalue weighted by Gasteiger charge is -2.07. The number of carbonyl (C=O) groups is 1. The summed E-state index contributed by atoms with van der Waals surface area (Å²) in [6.45, 7) is 0.694. The monoisotopic (exact) mass is 300 g/mol. The Kier molecular flexibility index (Phi) is 5.27. The first-order valence-corrected chi connectivity index (χ1v) is 7.89. The van der Waals surface area contributed by atoms with Gasteiger partial charge < -0.3 is 10.6 Å². The summed E-state index contributed by atoms with van der Waals surface area (Å²) in [7, 11) is 0. The van der Waals surface area contributed by atoms with Crippen molar-refractivity contribution in [2.75, 3.05) is 18.1 Å². The smallest absolute Gasteiger partial charge is 0.220 e. The summed E-state index contributed by atoms with van der Waals surface area (Å²) >= 11 is 7.33. The van der Waals surface area contributed by atoms with Gasteiger partial charge in [-0.05, 0) is 25.5 Å². The van der Waals surface area contributed by atoms with E-state index < -0.39 is 0 Å². The molecule has 1 aliphatic carbocycles. The Labute approximate surface area is 121 Å². The van der Waals surface area contributed by atoms with Gasteiger partial charge in [-0.25, -0.2) is 9.97 Å². The first kappa shape index (κ1) is 14.4. The van der Waals surface area contributed by atoms with Crippen LogP contribution < -0.4 is 10.6 Å². The van der Waals surface area contributed by atoms with Crippen LogP contribution in [0.5, 0.6) is 0 Å². The Morgan fingerprint density at radius 1 is 1.53 bits per heavy atom. The van der Waals surface area contributed by atoms with Gasteiger partial charge in [0.1, 0.15) is 11.0 Å². The molecule has 7 heteroatoms. The minimum atomic E-state index is 0.134. The van der Waals surface area contributed by atoms with Crippen LogP contribution in [0.25, 0.3) is 0 Å². The molecule has 0 atom stereocenters. The summed E-state index contributed by atoms with van der Waals surface area (Å²) in [5.41, 5.74) is 0. The van der Waals surface area contributed by atoms with Crippen LogP contribution >= 0.6 is 23.4 Å².